The fourth-order valence-electron chi connectivity index (χ4n) is 3.08. The fraction of sp³-hybridized carbons (Fsp3) is 0.263. The molecule has 2 aromatic carbocycles. The number of carboxylic acids is 1. The first-order valence-electron chi connectivity index (χ1n) is 8.49. The van der Waals surface area contributed by atoms with Crippen LogP contribution in [0.1, 0.15) is 23.7 Å². The number of carboxylic acid groups (broad SMARTS) is 1. The molecule has 2 N–H and O–H groups in total. The number of nitrogens with one attached hydrogen (secondary N) is 1. The number of amides is 1. The van der Waals surface area contributed by atoms with Crippen LogP contribution in [0.2, 0.25) is 5.02 Å². The Hall–Kier alpha value is -2.98. The Kier molecular flexibility index (Phi) is 6.09. The van der Waals surface area contributed by atoms with E-state index in [1.807, 2.05) is 0 Å². The number of carbonyl (C=O) groups excluding carboxylic acids is 1. The van der Waals surface area contributed by atoms with Gasteiger partial charge in [-0.25, -0.2) is 0 Å². The van der Waals surface area contributed by atoms with E-state index in [4.69, 9.17) is 26.2 Å². The van der Waals surface area contributed by atoms with Crippen LogP contribution in [-0.4, -0.2) is 36.6 Å². The van der Waals surface area contributed by atoms with Crippen LogP contribution in [0.25, 0.3) is 0 Å². The Morgan fingerprint density at radius 3 is 2.63 bits per heavy atom. The Morgan fingerprint density at radius 2 is 2.00 bits per heavy atom. The lowest BCUT2D eigenvalue weighted by Gasteiger charge is -2.24. The third-order valence-corrected chi connectivity index (χ3v) is 4.46. The molecular weight excluding hydrogens is 431 g/mol. The zero-order chi connectivity index (χ0) is 22.1. The molecule has 1 amide bonds. The van der Waals surface area contributed by atoms with Crippen molar-refractivity contribution >= 4 is 29.2 Å². The summed E-state index contributed by atoms with van der Waals surface area (Å²) in [6, 6.07) is 8.21. The lowest BCUT2D eigenvalue weighted by atomic mass is 9.98. The third-order valence-electron chi connectivity index (χ3n) is 4.23. The highest BCUT2D eigenvalue weighted by atomic mass is 35.5. The minimum atomic E-state index is -4.97. The maximum Gasteiger partial charge on any atom is 0.573 e. The molecule has 0 fully saturated rings. The van der Waals surface area contributed by atoms with E-state index in [1.54, 1.807) is 0 Å². The second kappa shape index (κ2) is 8.41. The van der Waals surface area contributed by atoms with Gasteiger partial charge in [0.2, 0.25) is 0 Å². The molecule has 7 nitrogen and oxygen atoms in total. The van der Waals surface area contributed by atoms with Gasteiger partial charge in [-0.2, -0.15) is 0 Å². The molecule has 3 rings (SSSR count). The van der Waals surface area contributed by atoms with Crippen molar-refractivity contribution < 1.29 is 42.1 Å². The predicted octanol–water partition coefficient (Wildman–Crippen LogP) is 4.15. The maximum atomic E-state index is 12.8. The molecule has 30 heavy (non-hydrogen) atoms. The normalized spacial score (nSPS) is 18.8. The molecule has 2 aromatic rings. The number of anilines is 1. The summed E-state index contributed by atoms with van der Waals surface area (Å²) in [6.07, 6.45) is -8.23. The highest BCUT2D eigenvalue weighted by Gasteiger charge is 2.37. The van der Waals surface area contributed by atoms with Gasteiger partial charge >= 0.3 is 12.3 Å². The summed E-state index contributed by atoms with van der Waals surface area (Å²) >= 11 is 6.06. The Balaban J connectivity index is 2.16. The number of fused-ring (bicyclic) bond motifs is 1. The van der Waals surface area contributed by atoms with Crippen LogP contribution in [0.4, 0.5) is 18.9 Å². The highest BCUT2D eigenvalue weighted by molar-refractivity contribution is 6.30. The number of aliphatic carboxylic acids is 1. The molecule has 2 unspecified atom stereocenters. The van der Waals surface area contributed by atoms with E-state index in [2.05, 4.69) is 10.1 Å². The van der Waals surface area contributed by atoms with Gasteiger partial charge < -0.3 is 24.6 Å². The fourth-order valence-corrected chi connectivity index (χ4v) is 3.26. The molecule has 1 aliphatic rings. The lowest BCUT2D eigenvalue weighted by molar-refractivity contribution is -0.275. The second-order valence-electron chi connectivity index (χ2n) is 6.25. The van der Waals surface area contributed by atoms with Gasteiger partial charge in [0.25, 0.3) is 5.91 Å². The number of carbonyl (C=O) groups is 2. The van der Waals surface area contributed by atoms with Crippen LogP contribution in [-0.2, 0) is 14.3 Å². The largest absolute Gasteiger partial charge is 0.573 e. The molecule has 1 heterocycles. The number of para-hydroxylation sites is 1. The summed E-state index contributed by atoms with van der Waals surface area (Å²) in [7, 11) is 1.15. The number of hydrogen-bond donors (Lipinski definition) is 2. The van der Waals surface area contributed by atoms with Crippen molar-refractivity contribution in [2.24, 2.45) is 0 Å². The number of ether oxygens (including phenoxy) is 3. The quantitative estimate of drug-likeness (QED) is 0.718. The van der Waals surface area contributed by atoms with Gasteiger partial charge in [0.15, 0.2) is 11.5 Å². The Morgan fingerprint density at radius 1 is 1.27 bits per heavy atom. The highest BCUT2D eigenvalue weighted by Crippen LogP contribution is 2.44. The molecule has 0 radical (unpaired) electrons. The molecule has 0 bridgehead atoms. The van der Waals surface area contributed by atoms with Gasteiger partial charge in [-0.3, -0.25) is 9.59 Å². The van der Waals surface area contributed by atoms with Crippen molar-refractivity contribution in [2.75, 3.05) is 12.4 Å². The van der Waals surface area contributed by atoms with Gasteiger partial charge in [-0.1, -0.05) is 23.7 Å². The first kappa shape index (κ1) is 21.7. The predicted molar refractivity (Wildman–Crippen MR) is 98.7 cm³/mol. The molecule has 2 atom stereocenters. The molecule has 1 aliphatic heterocycles. The van der Waals surface area contributed by atoms with E-state index >= 15 is 0 Å². The third kappa shape index (κ3) is 4.77. The molecule has 0 saturated heterocycles. The number of benzene rings is 2. The van der Waals surface area contributed by atoms with Crippen LogP contribution < -0.4 is 14.8 Å². The summed E-state index contributed by atoms with van der Waals surface area (Å²) in [5, 5.41) is 11.9. The van der Waals surface area contributed by atoms with E-state index in [9.17, 15) is 22.8 Å². The monoisotopic (exact) mass is 445 g/mol. The number of rotatable bonds is 5. The molecule has 0 spiro atoms. The minimum absolute atomic E-state index is 0.0923. The zero-order valence-corrected chi connectivity index (χ0v) is 16.1. The molecule has 160 valence electrons. The van der Waals surface area contributed by atoms with Crippen LogP contribution in [0.5, 0.6) is 11.5 Å². The van der Waals surface area contributed by atoms with E-state index in [0.29, 0.717) is 5.56 Å². The van der Waals surface area contributed by atoms with E-state index < -0.39 is 42.6 Å². The first-order chi connectivity index (χ1) is 14.1. The van der Waals surface area contributed by atoms with Gasteiger partial charge in [0.05, 0.1) is 13.5 Å². The smallest absolute Gasteiger partial charge is 0.492 e. The first-order valence-corrected chi connectivity index (χ1v) is 8.87. The van der Waals surface area contributed by atoms with Crippen LogP contribution in [0.15, 0.2) is 36.4 Å². The van der Waals surface area contributed by atoms with Gasteiger partial charge in [0.1, 0.15) is 12.2 Å². The number of alkyl halides is 3. The van der Waals surface area contributed by atoms with E-state index in [0.717, 1.165) is 13.2 Å². The molecule has 0 aliphatic carbocycles. The van der Waals surface area contributed by atoms with Crippen LogP contribution >= 0.6 is 11.6 Å². The lowest BCUT2D eigenvalue weighted by Crippen LogP contribution is -2.31. The van der Waals surface area contributed by atoms with Crippen molar-refractivity contribution in [1.82, 2.24) is 0 Å². The molecule has 11 heteroatoms. The van der Waals surface area contributed by atoms with Crippen molar-refractivity contribution in [2.45, 2.75) is 25.0 Å². The summed E-state index contributed by atoms with van der Waals surface area (Å²) in [6.45, 7) is 0. The maximum absolute atomic E-state index is 12.8. The molecular formula is C19H15ClF3NO6. The van der Waals surface area contributed by atoms with Crippen molar-refractivity contribution in [1.29, 1.82) is 0 Å². The van der Waals surface area contributed by atoms with Crippen LogP contribution in [0, 0.1) is 0 Å². The van der Waals surface area contributed by atoms with Crippen molar-refractivity contribution in [3.63, 3.8) is 0 Å². The summed E-state index contributed by atoms with van der Waals surface area (Å²) in [5.41, 5.74) is 0.673. The number of methoxy groups -OCH3 is 1. The molecule has 0 aromatic heterocycles. The van der Waals surface area contributed by atoms with Crippen molar-refractivity contribution in [3.8, 4) is 11.5 Å². The molecule has 0 saturated carbocycles. The van der Waals surface area contributed by atoms with Crippen LogP contribution in [0.3, 0.4) is 0 Å². The standard InChI is InChI=1S/C19H15ClF3NO6/c1-28-17-10(3-2-4-13(17)30-19(21,22)23)16-11-7-9(20)5-6-12(11)24-18(27)14(29-16)8-15(25)26/h2-7,14,16H,8H2,1H3,(H,24,27)(H,25,26). The van der Waals surface area contributed by atoms with Gasteiger partial charge in [-0.15, -0.1) is 13.2 Å². The average molecular weight is 446 g/mol. The SMILES string of the molecule is COc1c(OC(F)(F)F)cccc1C1OC(CC(=O)O)C(=O)Nc2ccc(Cl)cc21. The van der Waals surface area contributed by atoms with E-state index in [-0.39, 0.29) is 22.0 Å². The summed E-state index contributed by atoms with van der Waals surface area (Å²) < 4.78 is 53.3. The zero-order valence-electron chi connectivity index (χ0n) is 15.3. The minimum Gasteiger partial charge on any atom is -0.492 e. The van der Waals surface area contributed by atoms with Gasteiger partial charge in [-0.05, 0) is 24.3 Å². The second-order valence-corrected chi connectivity index (χ2v) is 6.69. The topological polar surface area (TPSA) is 94.1 Å². The number of hydrogen-bond acceptors (Lipinski definition) is 5. The summed E-state index contributed by atoms with van der Waals surface area (Å²) in [4.78, 5) is 23.6. The number of halogens is 4. The Bertz CT molecular complexity index is 981. The van der Waals surface area contributed by atoms with E-state index in [1.165, 1.54) is 30.3 Å². The van der Waals surface area contributed by atoms with Crippen molar-refractivity contribution in [3.05, 3.63) is 52.5 Å². The average Bonchev–Trinajstić information content (AvgIpc) is 2.77. The summed E-state index contributed by atoms with van der Waals surface area (Å²) in [5.74, 6) is -2.91. The Labute approximate surface area is 173 Å². The van der Waals surface area contributed by atoms with Gasteiger partial charge in [0, 0.05) is 21.8 Å².